The predicted molar refractivity (Wildman–Crippen MR) is 151 cm³/mol. The molecule has 6 heteroatoms. The van der Waals surface area contributed by atoms with Gasteiger partial charge in [-0.15, -0.1) is 0 Å². The Hall–Kier alpha value is -3.25. The maximum absolute atomic E-state index is 11.5. The number of primary amides is 1. The quantitative estimate of drug-likeness (QED) is 0.482. The number of furan rings is 1. The highest BCUT2D eigenvalue weighted by molar-refractivity contribution is 5.81. The molecule has 1 amide bonds. The molecule has 2 aromatic carbocycles. The minimum absolute atomic E-state index is 0.286. The molecule has 0 bridgehead atoms. The Morgan fingerprint density at radius 2 is 1.59 bits per heavy atom. The van der Waals surface area contributed by atoms with Crippen LogP contribution in [0.15, 0.2) is 46.9 Å². The number of anilines is 2. The van der Waals surface area contributed by atoms with Crippen LogP contribution in [0, 0.1) is 20.8 Å². The highest BCUT2D eigenvalue weighted by Gasteiger charge is 2.23. The number of benzene rings is 2. The Morgan fingerprint density at radius 3 is 2.32 bits per heavy atom. The van der Waals surface area contributed by atoms with Gasteiger partial charge in [0.2, 0.25) is 5.91 Å². The van der Waals surface area contributed by atoms with Crippen molar-refractivity contribution in [3.63, 3.8) is 0 Å². The lowest BCUT2D eigenvalue weighted by Crippen LogP contribution is -2.46. The van der Waals surface area contributed by atoms with Gasteiger partial charge in [0.25, 0.3) is 0 Å². The Bertz CT molecular complexity index is 1250. The van der Waals surface area contributed by atoms with Crippen LogP contribution >= 0.6 is 0 Å². The molecule has 3 aromatic rings. The zero-order chi connectivity index (χ0) is 25.9. The minimum atomic E-state index is -0.286. The number of hydrogen-bond acceptors (Lipinski definition) is 5. The summed E-state index contributed by atoms with van der Waals surface area (Å²) in [5, 5.41) is 0. The number of piperidine rings is 1. The molecule has 0 radical (unpaired) electrons. The Balaban J connectivity index is 1.31. The first-order valence-corrected chi connectivity index (χ1v) is 13.7. The van der Waals surface area contributed by atoms with Crippen LogP contribution in [0.3, 0.4) is 0 Å². The van der Waals surface area contributed by atoms with Crippen molar-refractivity contribution < 1.29 is 9.21 Å². The summed E-state index contributed by atoms with van der Waals surface area (Å²) in [6.45, 7) is 13.2. The molecule has 2 N–H and O–H groups in total. The molecule has 0 saturated carbocycles. The molecular formula is C31H40N4O2. The molecule has 2 saturated heterocycles. The number of nitrogens with zero attached hydrogens (tertiary/aromatic N) is 3. The third-order valence-electron chi connectivity index (χ3n) is 7.87. The highest BCUT2D eigenvalue weighted by atomic mass is 16.3. The van der Waals surface area contributed by atoms with Crippen LogP contribution < -0.4 is 15.5 Å². The smallest absolute Gasteiger partial charge is 0.221 e. The average molecular weight is 501 g/mol. The molecule has 2 fully saturated rings. The molecule has 0 aliphatic carbocycles. The second-order valence-corrected chi connectivity index (χ2v) is 10.8. The summed E-state index contributed by atoms with van der Waals surface area (Å²) in [5.74, 6) is 1.74. The van der Waals surface area contributed by atoms with Gasteiger partial charge in [0.1, 0.15) is 11.5 Å². The number of piperazine rings is 1. The van der Waals surface area contributed by atoms with Crippen molar-refractivity contribution in [1.29, 1.82) is 0 Å². The van der Waals surface area contributed by atoms with Gasteiger partial charge in [-0.05, 0) is 81.0 Å². The number of carbonyl (C=O) groups excluding carboxylic acids is 1. The van der Waals surface area contributed by atoms with Gasteiger partial charge in [-0.3, -0.25) is 9.69 Å². The van der Waals surface area contributed by atoms with Gasteiger partial charge in [-0.1, -0.05) is 18.2 Å². The molecule has 196 valence electrons. The summed E-state index contributed by atoms with van der Waals surface area (Å²) in [6.07, 6.45) is 4.15. The van der Waals surface area contributed by atoms with E-state index in [9.17, 15) is 4.79 Å². The normalized spacial score (nSPS) is 16.8. The van der Waals surface area contributed by atoms with E-state index in [0.717, 1.165) is 68.5 Å². The van der Waals surface area contributed by atoms with E-state index < -0.39 is 0 Å². The maximum Gasteiger partial charge on any atom is 0.221 e. The number of nitrogens with two attached hydrogens (primary N) is 1. The number of aryl methyl sites for hydroxylation is 3. The highest BCUT2D eigenvalue weighted by Crippen LogP contribution is 2.37. The van der Waals surface area contributed by atoms with Crippen LogP contribution in [0.5, 0.6) is 0 Å². The first-order valence-electron chi connectivity index (χ1n) is 13.7. The number of carbonyl (C=O) groups is 1. The predicted octanol–water partition coefficient (Wildman–Crippen LogP) is 5.21. The number of amides is 1. The van der Waals surface area contributed by atoms with Crippen molar-refractivity contribution in [2.24, 2.45) is 5.73 Å². The third-order valence-corrected chi connectivity index (χ3v) is 7.87. The molecule has 0 unspecified atom stereocenters. The zero-order valence-corrected chi connectivity index (χ0v) is 22.6. The third kappa shape index (κ3) is 5.85. The van der Waals surface area contributed by atoms with E-state index in [0.29, 0.717) is 6.42 Å². The van der Waals surface area contributed by atoms with Crippen molar-refractivity contribution in [2.75, 3.05) is 49.1 Å². The van der Waals surface area contributed by atoms with Gasteiger partial charge in [-0.2, -0.15) is 0 Å². The van der Waals surface area contributed by atoms with E-state index in [4.69, 9.17) is 10.2 Å². The zero-order valence-electron chi connectivity index (χ0n) is 22.6. The van der Waals surface area contributed by atoms with Gasteiger partial charge >= 0.3 is 0 Å². The molecule has 6 nitrogen and oxygen atoms in total. The number of hydrogen-bond donors (Lipinski definition) is 1. The lowest BCUT2D eigenvalue weighted by Gasteiger charge is -2.36. The molecule has 0 spiro atoms. The van der Waals surface area contributed by atoms with E-state index in [1.54, 1.807) is 0 Å². The summed E-state index contributed by atoms with van der Waals surface area (Å²) in [6, 6.07) is 15.5. The molecule has 37 heavy (non-hydrogen) atoms. The van der Waals surface area contributed by atoms with Crippen molar-refractivity contribution in [3.05, 3.63) is 70.7 Å². The van der Waals surface area contributed by atoms with Gasteiger partial charge in [0, 0.05) is 61.8 Å². The van der Waals surface area contributed by atoms with Gasteiger partial charge < -0.3 is 20.0 Å². The van der Waals surface area contributed by atoms with Crippen molar-refractivity contribution in [1.82, 2.24) is 4.90 Å². The summed E-state index contributed by atoms with van der Waals surface area (Å²) in [7, 11) is 0. The SMILES string of the molecule is Cc1ccc(-c2cc(C)oc2CN2CCN(c3ccc(C)c(CC(N)=O)c3)CC2)c(N2CCCCC2)c1. The average Bonchev–Trinajstić information content (AvgIpc) is 3.25. The Labute approximate surface area is 221 Å². The topological polar surface area (TPSA) is 66.0 Å². The molecule has 2 aliphatic rings. The summed E-state index contributed by atoms with van der Waals surface area (Å²) in [4.78, 5) is 18.9. The van der Waals surface area contributed by atoms with E-state index in [-0.39, 0.29) is 5.91 Å². The van der Waals surface area contributed by atoms with E-state index >= 15 is 0 Å². The van der Waals surface area contributed by atoms with E-state index in [2.05, 4.69) is 71.0 Å². The lowest BCUT2D eigenvalue weighted by molar-refractivity contribution is -0.117. The fraction of sp³-hybridized carbons (Fsp3) is 0.452. The standard InChI is InChI=1S/C31H40N4O2/c1-22-7-10-27(29(17-22)35-11-5-4-6-12-35)28-18-24(3)37-30(28)21-33-13-15-34(16-14-33)26-9-8-23(2)25(19-26)20-31(32)36/h7-10,17-19H,4-6,11-16,20-21H2,1-3H3,(H2,32,36). The van der Waals surface area contributed by atoms with Gasteiger partial charge in [0.15, 0.2) is 0 Å². The largest absolute Gasteiger partial charge is 0.464 e. The molecule has 3 heterocycles. The number of rotatable bonds is 7. The van der Waals surface area contributed by atoms with Crippen molar-refractivity contribution in [2.45, 2.75) is 53.0 Å². The van der Waals surface area contributed by atoms with Gasteiger partial charge in [-0.25, -0.2) is 0 Å². The van der Waals surface area contributed by atoms with Crippen LogP contribution in [0.25, 0.3) is 11.1 Å². The van der Waals surface area contributed by atoms with Crippen molar-refractivity contribution in [3.8, 4) is 11.1 Å². The lowest BCUT2D eigenvalue weighted by atomic mass is 9.99. The van der Waals surface area contributed by atoms with Crippen LogP contribution in [-0.2, 0) is 17.8 Å². The molecule has 0 atom stereocenters. The summed E-state index contributed by atoms with van der Waals surface area (Å²) in [5.41, 5.74) is 13.9. The van der Waals surface area contributed by atoms with E-state index in [1.807, 2.05) is 6.92 Å². The van der Waals surface area contributed by atoms with Crippen LogP contribution in [0.1, 0.15) is 47.5 Å². The minimum Gasteiger partial charge on any atom is -0.464 e. The van der Waals surface area contributed by atoms with Crippen LogP contribution in [0.2, 0.25) is 0 Å². The molecular weight excluding hydrogens is 460 g/mol. The molecule has 5 rings (SSSR count). The van der Waals surface area contributed by atoms with E-state index in [1.165, 1.54) is 47.3 Å². The monoisotopic (exact) mass is 500 g/mol. The first kappa shape index (κ1) is 25.4. The van der Waals surface area contributed by atoms with Crippen LogP contribution in [-0.4, -0.2) is 50.1 Å². The molecule has 2 aliphatic heterocycles. The van der Waals surface area contributed by atoms with Crippen molar-refractivity contribution >= 4 is 17.3 Å². The second-order valence-electron chi connectivity index (χ2n) is 10.8. The maximum atomic E-state index is 11.5. The fourth-order valence-corrected chi connectivity index (χ4v) is 5.77. The molecule has 1 aromatic heterocycles. The Kier molecular flexibility index (Phi) is 7.56. The fourth-order valence-electron chi connectivity index (χ4n) is 5.77. The van der Waals surface area contributed by atoms with Gasteiger partial charge in [0.05, 0.1) is 13.0 Å². The van der Waals surface area contributed by atoms with Crippen LogP contribution in [0.4, 0.5) is 11.4 Å². The second kappa shape index (κ2) is 11.0. The summed E-state index contributed by atoms with van der Waals surface area (Å²) < 4.78 is 6.30. The Morgan fingerprint density at radius 1 is 0.838 bits per heavy atom. The first-order chi connectivity index (χ1) is 17.9. The summed E-state index contributed by atoms with van der Waals surface area (Å²) >= 11 is 0.